The number of primary amides is 1. The van der Waals surface area contributed by atoms with Crippen molar-refractivity contribution in [1.29, 1.82) is 0 Å². The Morgan fingerprint density at radius 2 is 1.83 bits per heavy atom. The Morgan fingerprint density at radius 1 is 1.19 bits per heavy atom. The van der Waals surface area contributed by atoms with E-state index < -0.39 is 17.8 Å². The van der Waals surface area contributed by atoms with Crippen molar-refractivity contribution in [2.75, 3.05) is 26.9 Å². The first-order valence-electron chi connectivity index (χ1n) is 12.1. The number of pyridine rings is 1. The Morgan fingerprint density at radius 3 is 2.42 bits per heavy atom. The van der Waals surface area contributed by atoms with Crippen molar-refractivity contribution >= 4 is 18.3 Å². The van der Waals surface area contributed by atoms with Crippen molar-refractivity contribution in [1.82, 2.24) is 9.88 Å². The Bertz CT molecular complexity index is 1070. The maximum absolute atomic E-state index is 13.3. The fourth-order valence-corrected chi connectivity index (χ4v) is 4.48. The number of nitrogens with two attached hydrogens (primary N) is 1. The van der Waals surface area contributed by atoms with Crippen LogP contribution < -0.4 is 5.73 Å². The van der Waals surface area contributed by atoms with E-state index in [2.05, 4.69) is 11.8 Å². The van der Waals surface area contributed by atoms with Gasteiger partial charge in [0.25, 0.3) is 0 Å². The van der Waals surface area contributed by atoms with E-state index in [4.69, 9.17) is 24.0 Å². The second-order valence-corrected chi connectivity index (χ2v) is 8.45. The molecule has 0 aliphatic carbocycles. The van der Waals surface area contributed by atoms with Crippen LogP contribution in [0.3, 0.4) is 0 Å². The Labute approximate surface area is 212 Å². The van der Waals surface area contributed by atoms with Crippen molar-refractivity contribution in [3.8, 4) is 11.3 Å². The van der Waals surface area contributed by atoms with E-state index in [9.17, 15) is 9.59 Å². The summed E-state index contributed by atoms with van der Waals surface area (Å²) in [5, 5.41) is 0. The summed E-state index contributed by atoms with van der Waals surface area (Å²) in [7, 11) is 1.33. The third-order valence-electron chi connectivity index (χ3n) is 6.04. The lowest BCUT2D eigenvalue weighted by Gasteiger charge is -2.24. The first-order valence-corrected chi connectivity index (χ1v) is 12.1. The molecule has 0 bridgehead atoms. The van der Waals surface area contributed by atoms with Gasteiger partial charge >= 0.3 is 5.97 Å². The maximum atomic E-state index is 13.3. The molecule has 1 spiro atoms. The SMILES string of the molecule is CC.COC(=O)C1CC2(CN1C(=O)Cc1cc(C)nc(-c3cccc(C)c3)c1C)OCCO2.NC=O. The number of aryl methyl sites for hydroxylation is 2. The molecule has 1 aromatic heterocycles. The Hall–Kier alpha value is -3.30. The number of carbonyl (C=O) groups excluding carboxylic acids is 3. The summed E-state index contributed by atoms with van der Waals surface area (Å²) in [6, 6.07) is 9.39. The van der Waals surface area contributed by atoms with Gasteiger partial charge in [-0.1, -0.05) is 37.6 Å². The van der Waals surface area contributed by atoms with E-state index in [1.807, 2.05) is 58.9 Å². The molecule has 0 radical (unpaired) electrons. The number of carbonyl (C=O) groups is 3. The summed E-state index contributed by atoms with van der Waals surface area (Å²) in [4.78, 5) is 40.6. The molecule has 0 saturated carbocycles. The van der Waals surface area contributed by atoms with Gasteiger partial charge in [0.2, 0.25) is 12.3 Å². The quantitative estimate of drug-likeness (QED) is 0.507. The molecule has 1 atom stereocenters. The van der Waals surface area contributed by atoms with E-state index in [0.717, 1.165) is 33.6 Å². The molecule has 2 aromatic rings. The number of rotatable bonds is 4. The second kappa shape index (κ2) is 13.1. The van der Waals surface area contributed by atoms with E-state index in [1.54, 1.807) is 4.90 Å². The molecule has 4 rings (SSSR count). The molecular weight excluding hydrogens is 462 g/mol. The van der Waals surface area contributed by atoms with Crippen LogP contribution in [-0.4, -0.2) is 66.9 Å². The van der Waals surface area contributed by atoms with Gasteiger partial charge in [-0.05, 0) is 44.0 Å². The predicted molar refractivity (Wildman–Crippen MR) is 136 cm³/mol. The lowest BCUT2D eigenvalue weighted by atomic mass is 9.98. The van der Waals surface area contributed by atoms with Gasteiger partial charge in [-0.2, -0.15) is 0 Å². The smallest absolute Gasteiger partial charge is 0.328 e. The molecule has 2 N–H and O–H groups in total. The highest BCUT2D eigenvalue weighted by Crippen LogP contribution is 2.36. The predicted octanol–water partition coefficient (Wildman–Crippen LogP) is 2.86. The zero-order valence-corrected chi connectivity index (χ0v) is 22.0. The highest BCUT2D eigenvalue weighted by atomic mass is 16.7. The summed E-state index contributed by atoms with van der Waals surface area (Å²) >= 11 is 0. The van der Waals surface area contributed by atoms with Gasteiger partial charge in [-0.3, -0.25) is 14.6 Å². The highest BCUT2D eigenvalue weighted by molar-refractivity contribution is 5.87. The summed E-state index contributed by atoms with van der Waals surface area (Å²) in [5.74, 6) is -1.52. The normalized spacial score (nSPS) is 17.5. The molecule has 2 fully saturated rings. The van der Waals surface area contributed by atoms with Gasteiger partial charge in [0.15, 0.2) is 5.79 Å². The zero-order valence-electron chi connectivity index (χ0n) is 22.0. The third kappa shape index (κ3) is 6.67. The standard InChI is InChI=1S/C24H28N2O5.C2H6.CH3NO/c1-15-6-5-7-18(10-15)22-17(3)19(11-16(2)25-22)12-21(27)26-14-24(30-8-9-31-24)13-20(26)23(28)29-4;1-2;2-1-3/h5-7,10-11,20H,8-9,12-14H2,1-4H3;1-2H3;1H,(H2,2,3). The van der Waals surface area contributed by atoms with Crippen LogP contribution in [0.25, 0.3) is 11.3 Å². The third-order valence-corrected chi connectivity index (χ3v) is 6.04. The minimum absolute atomic E-state index is 0.157. The topological polar surface area (TPSA) is 121 Å². The average Bonchev–Trinajstić information content (AvgIpc) is 3.49. The molecule has 2 saturated heterocycles. The summed E-state index contributed by atoms with van der Waals surface area (Å²) in [5.41, 5.74) is 9.91. The number of hydrogen-bond acceptors (Lipinski definition) is 7. The van der Waals surface area contributed by atoms with Crippen LogP contribution in [-0.2, 0) is 35.0 Å². The summed E-state index contributed by atoms with van der Waals surface area (Å²) in [6.07, 6.45) is 0.700. The molecule has 2 aliphatic heterocycles. The summed E-state index contributed by atoms with van der Waals surface area (Å²) in [6.45, 7) is 11.1. The molecule has 196 valence electrons. The monoisotopic (exact) mass is 499 g/mol. The molecular formula is C27H37N3O6. The maximum Gasteiger partial charge on any atom is 0.328 e. The first-order chi connectivity index (χ1) is 17.2. The summed E-state index contributed by atoms with van der Waals surface area (Å²) < 4.78 is 16.5. The average molecular weight is 500 g/mol. The van der Waals surface area contributed by atoms with Crippen LogP contribution >= 0.6 is 0 Å². The fraction of sp³-hybridized carbons (Fsp3) is 0.481. The molecule has 1 aromatic carbocycles. The molecule has 9 nitrogen and oxygen atoms in total. The van der Waals surface area contributed by atoms with Crippen LogP contribution in [0, 0.1) is 20.8 Å². The minimum atomic E-state index is -0.912. The number of hydrogen-bond donors (Lipinski definition) is 1. The number of amides is 2. The number of methoxy groups -OCH3 is 1. The van der Waals surface area contributed by atoms with E-state index in [1.165, 1.54) is 7.11 Å². The Kier molecular flexibility index (Phi) is 10.6. The van der Waals surface area contributed by atoms with Crippen LogP contribution in [0.15, 0.2) is 30.3 Å². The molecule has 36 heavy (non-hydrogen) atoms. The van der Waals surface area contributed by atoms with Crippen molar-refractivity contribution in [2.45, 2.75) is 59.3 Å². The van der Waals surface area contributed by atoms with Gasteiger partial charge < -0.3 is 24.8 Å². The number of ether oxygens (including phenoxy) is 3. The van der Waals surface area contributed by atoms with E-state index >= 15 is 0 Å². The number of benzene rings is 1. The number of likely N-dealkylation sites (tertiary alicyclic amines) is 1. The number of aromatic nitrogens is 1. The molecule has 2 aliphatic rings. The lowest BCUT2D eigenvalue weighted by molar-refractivity contribution is -0.152. The fourth-order valence-electron chi connectivity index (χ4n) is 4.48. The minimum Gasteiger partial charge on any atom is -0.467 e. The molecule has 9 heteroatoms. The van der Waals surface area contributed by atoms with E-state index in [0.29, 0.717) is 13.2 Å². The van der Waals surface area contributed by atoms with Crippen LogP contribution in [0.4, 0.5) is 0 Å². The van der Waals surface area contributed by atoms with Crippen molar-refractivity contribution in [3.63, 3.8) is 0 Å². The molecule has 3 heterocycles. The first kappa shape index (κ1) is 28.9. The van der Waals surface area contributed by atoms with Gasteiger partial charge in [0.05, 0.1) is 39.0 Å². The number of esters is 1. The van der Waals surface area contributed by atoms with Crippen molar-refractivity contribution < 1.29 is 28.6 Å². The molecule has 2 amide bonds. The zero-order chi connectivity index (χ0) is 26.9. The highest BCUT2D eigenvalue weighted by Gasteiger charge is 2.52. The largest absolute Gasteiger partial charge is 0.467 e. The van der Waals surface area contributed by atoms with Gasteiger partial charge in [0, 0.05) is 17.7 Å². The van der Waals surface area contributed by atoms with Crippen LogP contribution in [0.1, 0.15) is 42.7 Å². The second-order valence-electron chi connectivity index (χ2n) is 8.45. The van der Waals surface area contributed by atoms with Gasteiger partial charge in [-0.25, -0.2) is 4.79 Å². The Balaban J connectivity index is 0.000000850. The van der Waals surface area contributed by atoms with Gasteiger partial charge in [0.1, 0.15) is 6.04 Å². The van der Waals surface area contributed by atoms with Crippen LogP contribution in [0.5, 0.6) is 0 Å². The van der Waals surface area contributed by atoms with E-state index in [-0.39, 0.29) is 31.7 Å². The van der Waals surface area contributed by atoms with Crippen molar-refractivity contribution in [3.05, 3.63) is 52.7 Å². The lowest BCUT2D eigenvalue weighted by Crippen LogP contribution is -2.42. The van der Waals surface area contributed by atoms with Crippen molar-refractivity contribution in [2.24, 2.45) is 5.73 Å². The van der Waals surface area contributed by atoms with Gasteiger partial charge in [-0.15, -0.1) is 0 Å². The molecule has 1 unspecified atom stereocenters. The van der Waals surface area contributed by atoms with Crippen LogP contribution in [0.2, 0.25) is 0 Å². The number of nitrogens with zero attached hydrogens (tertiary/aromatic N) is 2.